The number of carbonyl (C=O) groups is 1. The van der Waals surface area contributed by atoms with Crippen LogP contribution in [-0.4, -0.2) is 36.6 Å². The van der Waals surface area contributed by atoms with E-state index in [0.29, 0.717) is 11.8 Å². The molecule has 128 valence electrons. The largest absolute Gasteiger partial charge is 0.469 e. The smallest absolute Gasteiger partial charge is 0.309 e. The number of aliphatic hydroxyl groups is 1. The predicted molar refractivity (Wildman–Crippen MR) is 88.9 cm³/mol. The van der Waals surface area contributed by atoms with Gasteiger partial charge in [0.05, 0.1) is 25.3 Å². The van der Waals surface area contributed by atoms with Gasteiger partial charge in [-0.25, -0.2) is 0 Å². The summed E-state index contributed by atoms with van der Waals surface area (Å²) in [6.07, 6.45) is 8.96. The zero-order valence-corrected chi connectivity index (χ0v) is 14.2. The summed E-state index contributed by atoms with van der Waals surface area (Å²) >= 11 is 0. The minimum absolute atomic E-state index is 0.223. The second-order valence-electron chi connectivity index (χ2n) is 6.63. The quantitative estimate of drug-likeness (QED) is 0.445. The third-order valence-electron chi connectivity index (χ3n) is 4.59. The summed E-state index contributed by atoms with van der Waals surface area (Å²) in [5.41, 5.74) is 2.36. The highest BCUT2D eigenvalue weighted by Gasteiger charge is 2.36. The van der Waals surface area contributed by atoms with Crippen molar-refractivity contribution in [3.63, 3.8) is 0 Å². The Morgan fingerprint density at radius 3 is 2.96 bits per heavy atom. The lowest BCUT2D eigenvalue weighted by molar-refractivity contribution is -0.141. The van der Waals surface area contributed by atoms with E-state index in [0.717, 1.165) is 25.0 Å². The van der Waals surface area contributed by atoms with Crippen molar-refractivity contribution < 1.29 is 19.5 Å². The molecule has 2 aliphatic rings. The number of esters is 1. The molecule has 0 heterocycles. The van der Waals surface area contributed by atoms with Crippen LogP contribution in [0.1, 0.15) is 39.5 Å². The van der Waals surface area contributed by atoms with Gasteiger partial charge in [0.15, 0.2) is 0 Å². The summed E-state index contributed by atoms with van der Waals surface area (Å²) in [6, 6.07) is 0. The maximum atomic E-state index is 11.0. The van der Waals surface area contributed by atoms with Crippen LogP contribution in [0.15, 0.2) is 29.0 Å². The Hall–Kier alpha value is -1.62. The third kappa shape index (κ3) is 4.93. The molecule has 0 aliphatic heterocycles. The van der Waals surface area contributed by atoms with Crippen LogP contribution < -0.4 is 0 Å². The normalized spacial score (nSPS) is 26.7. The summed E-state index contributed by atoms with van der Waals surface area (Å²) in [6.45, 7) is 4.27. The van der Waals surface area contributed by atoms with E-state index in [1.54, 1.807) is 0 Å². The van der Waals surface area contributed by atoms with E-state index < -0.39 is 6.10 Å². The third-order valence-corrected chi connectivity index (χ3v) is 4.59. The molecule has 1 unspecified atom stereocenters. The standard InChI is InChI=1S/C18H27NO4/c1-12(2)17(20)7-6-13-4-5-14-10-15(11-16(13)14)19-23-9-8-18(21)22-3/h4,6-7,12,14,16-17,20H,5,8-11H2,1-3H3/b7-6-,19-15+/t14-,16+,17?/m1/s1. The van der Waals surface area contributed by atoms with Crippen LogP contribution in [-0.2, 0) is 14.4 Å². The van der Waals surface area contributed by atoms with Gasteiger partial charge >= 0.3 is 5.97 Å². The molecule has 1 N–H and O–H groups in total. The number of hydrogen-bond donors (Lipinski definition) is 1. The van der Waals surface area contributed by atoms with Gasteiger partial charge in [0.1, 0.15) is 6.61 Å². The fourth-order valence-electron chi connectivity index (χ4n) is 3.09. The highest BCUT2D eigenvalue weighted by molar-refractivity contribution is 5.87. The molecule has 1 fully saturated rings. The first-order chi connectivity index (χ1) is 11.0. The molecule has 0 aromatic rings. The summed E-state index contributed by atoms with van der Waals surface area (Å²) < 4.78 is 4.56. The zero-order valence-electron chi connectivity index (χ0n) is 14.2. The van der Waals surface area contributed by atoms with Gasteiger partial charge in [0, 0.05) is 0 Å². The molecular weight excluding hydrogens is 294 g/mol. The number of nitrogens with zero attached hydrogens (tertiary/aromatic N) is 1. The van der Waals surface area contributed by atoms with E-state index in [1.165, 1.54) is 12.7 Å². The minimum Gasteiger partial charge on any atom is -0.469 e. The Labute approximate surface area is 138 Å². The fourth-order valence-corrected chi connectivity index (χ4v) is 3.09. The van der Waals surface area contributed by atoms with Crippen molar-refractivity contribution in [3.8, 4) is 0 Å². The van der Waals surface area contributed by atoms with E-state index in [2.05, 4.69) is 22.0 Å². The van der Waals surface area contributed by atoms with E-state index in [9.17, 15) is 9.90 Å². The monoisotopic (exact) mass is 321 g/mol. The molecule has 0 spiro atoms. The van der Waals surface area contributed by atoms with E-state index >= 15 is 0 Å². The molecule has 23 heavy (non-hydrogen) atoms. The van der Waals surface area contributed by atoms with Crippen molar-refractivity contribution in [2.24, 2.45) is 22.9 Å². The van der Waals surface area contributed by atoms with Crippen molar-refractivity contribution in [2.75, 3.05) is 13.7 Å². The lowest BCUT2D eigenvalue weighted by atomic mass is 9.94. The molecule has 0 aromatic heterocycles. The van der Waals surface area contributed by atoms with Crippen LogP contribution >= 0.6 is 0 Å². The van der Waals surface area contributed by atoms with E-state index in [-0.39, 0.29) is 24.9 Å². The van der Waals surface area contributed by atoms with Crippen LogP contribution in [0.4, 0.5) is 0 Å². The molecule has 0 radical (unpaired) electrons. The number of methoxy groups -OCH3 is 1. The number of oxime groups is 1. The van der Waals surface area contributed by atoms with Crippen LogP contribution in [0.25, 0.3) is 0 Å². The molecule has 5 heteroatoms. The first-order valence-electron chi connectivity index (χ1n) is 8.32. The molecule has 3 atom stereocenters. The number of allylic oxidation sites excluding steroid dienone is 3. The van der Waals surface area contributed by atoms with Gasteiger partial charge in [-0.2, -0.15) is 0 Å². The molecule has 5 nitrogen and oxygen atoms in total. The number of aliphatic hydroxyl groups excluding tert-OH is 1. The number of fused-ring (bicyclic) bond motifs is 1. The Kier molecular flexibility index (Phi) is 6.39. The van der Waals surface area contributed by atoms with Crippen LogP contribution in [0.5, 0.6) is 0 Å². The summed E-state index contributed by atoms with van der Waals surface area (Å²) in [5, 5.41) is 14.1. The molecule has 2 aliphatic carbocycles. The molecule has 0 bridgehead atoms. The highest BCUT2D eigenvalue weighted by atomic mass is 16.6. The SMILES string of the molecule is COC(=O)CCO/N=C1\C[C@H]2CC=C(/C=C\C(O)C(C)C)[C@@H]2C1. The van der Waals surface area contributed by atoms with Crippen molar-refractivity contribution in [2.45, 2.75) is 45.6 Å². The zero-order chi connectivity index (χ0) is 16.8. The van der Waals surface area contributed by atoms with Crippen LogP contribution in [0.3, 0.4) is 0 Å². The summed E-state index contributed by atoms with van der Waals surface area (Å²) in [5.74, 6) is 1.02. The fraction of sp³-hybridized carbons (Fsp3) is 0.667. The number of hydrogen-bond acceptors (Lipinski definition) is 5. The molecule has 1 saturated carbocycles. The van der Waals surface area contributed by atoms with Crippen molar-refractivity contribution >= 4 is 11.7 Å². The van der Waals surface area contributed by atoms with E-state index in [1.807, 2.05) is 19.9 Å². The van der Waals surface area contributed by atoms with Crippen molar-refractivity contribution in [3.05, 3.63) is 23.8 Å². The summed E-state index contributed by atoms with van der Waals surface area (Å²) in [4.78, 5) is 16.2. The number of rotatable bonds is 7. The summed E-state index contributed by atoms with van der Waals surface area (Å²) in [7, 11) is 1.37. The van der Waals surface area contributed by atoms with Crippen LogP contribution in [0, 0.1) is 17.8 Å². The first-order valence-corrected chi connectivity index (χ1v) is 8.32. The Balaban J connectivity index is 1.82. The molecule has 0 saturated heterocycles. The van der Waals surface area contributed by atoms with Gasteiger partial charge in [-0.3, -0.25) is 4.79 Å². The topological polar surface area (TPSA) is 68.1 Å². The predicted octanol–water partition coefficient (Wildman–Crippen LogP) is 2.85. The average molecular weight is 321 g/mol. The molecular formula is C18H27NO4. The van der Waals surface area contributed by atoms with Crippen LogP contribution in [0.2, 0.25) is 0 Å². The van der Waals surface area contributed by atoms with Crippen molar-refractivity contribution in [1.29, 1.82) is 0 Å². The maximum Gasteiger partial charge on any atom is 0.309 e. The minimum atomic E-state index is -0.397. The van der Waals surface area contributed by atoms with Gasteiger partial charge in [-0.05, 0) is 42.6 Å². The van der Waals surface area contributed by atoms with Crippen molar-refractivity contribution in [1.82, 2.24) is 0 Å². The molecule has 0 amide bonds. The van der Waals surface area contributed by atoms with Gasteiger partial charge in [-0.15, -0.1) is 0 Å². The Bertz CT molecular complexity index is 507. The second kappa shape index (κ2) is 8.29. The second-order valence-corrected chi connectivity index (χ2v) is 6.63. The average Bonchev–Trinajstić information content (AvgIpc) is 3.09. The maximum absolute atomic E-state index is 11.0. The highest BCUT2D eigenvalue weighted by Crippen LogP contribution is 2.43. The van der Waals surface area contributed by atoms with Gasteiger partial charge in [-0.1, -0.05) is 37.2 Å². The van der Waals surface area contributed by atoms with Gasteiger partial charge in [0.2, 0.25) is 0 Å². The molecule has 2 rings (SSSR count). The number of ether oxygens (including phenoxy) is 1. The lowest BCUT2D eigenvalue weighted by Crippen LogP contribution is -2.11. The Morgan fingerprint density at radius 2 is 2.26 bits per heavy atom. The lowest BCUT2D eigenvalue weighted by Gasteiger charge is -2.12. The van der Waals surface area contributed by atoms with Gasteiger partial charge in [0.25, 0.3) is 0 Å². The first kappa shape index (κ1) is 17.7. The molecule has 0 aromatic carbocycles. The van der Waals surface area contributed by atoms with Gasteiger partial charge < -0.3 is 14.7 Å². The Morgan fingerprint density at radius 1 is 1.48 bits per heavy atom. The number of carbonyl (C=O) groups excluding carboxylic acids is 1. The van der Waals surface area contributed by atoms with E-state index in [4.69, 9.17) is 4.84 Å².